The third-order valence-electron chi connectivity index (χ3n) is 10.7. The van der Waals surface area contributed by atoms with E-state index in [0.717, 1.165) is 44.1 Å². The van der Waals surface area contributed by atoms with Crippen LogP contribution in [0.25, 0.3) is 0 Å². The van der Waals surface area contributed by atoms with Gasteiger partial charge in [0.2, 0.25) is 0 Å². The van der Waals surface area contributed by atoms with Crippen LogP contribution in [0.3, 0.4) is 0 Å². The summed E-state index contributed by atoms with van der Waals surface area (Å²) in [5.41, 5.74) is 2.46. The molecular weight excluding hydrogens is 400 g/mol. The molecule has 32 heavy (non-hydrogen) atoms. The van der Waals surface area contributed by atoms with E-state index in [4.69, 9.17) is 4.74 Å². The Morgan fingerprint density at radius 2 is 1.88 bits per heavy atom. The summed E-state index contributed by atoms with van der Waals surface area (Å²) in [6.07, 6.45) is 10.7. The Labute approximate surface area is 193 Å². The van der Waals surface area contributed by atoms with E-state index in [1.165, 1.54) is 25.5 Å². The second-order valence-electron chi connectivity index (χ2n) is 11.8. The van der Waals surface area contributed by atoms with Gasteiger partial charge in [0, 0.05) is 17.9 Å². The van der Waals surface area contributed by atoms with Crippen molar-refractivity contribution in [1.82, 2.24) is 0 Å². The van der Waals surface area contributed by atoms with Crippen LogP contribution >= 0.6 is 0 Å². The zero-order valence-electron chi connectivity index (χ0n) is 20.7. The minimum atomic E-state index is -0.257. The Balaban J connectivity index is 1.66. The fourth-order valence-electron chi connectivity index (χ4n) is 9.01. The molecule has 4 rings (SSSR count). The summed E-state index contributed by atoms with van der Waals surface area (Å²) in [5.74, 6) is 4.95. The first-order chi connectivity index (χ1) is 15.2. The highest BCUT2D eigenvalue weighted by Crippen LogP contribution is 2.70. The van der Waals surface area contributed by atoms with E-state index >= 15 is 0 Å². The standard InChI is InChI=1S/C28H42O4/c1-6-19-20(16-29)26-22-9-8-21(17(2)7-10-25(31)32-5)27(22,3)14-12-23(26)28(4)13-11-18(30)15-24(19)28/h6,17-18,21-24,26,30H,7-15H2,1-5H3/t17-,18-,21-,22+,23+,24?,26+,27-,28-/m1/s1. The lowest BCUT2D eigenvalue weighted by Gasteiger charge is -2.61. The lowest BCUT2D eigenvalue weighted by molar-refractivity contribution is -0.141. The van der Waals surface area contributed by atoms with E-state index in [-0.39, 0.29) is 34.7 Å². The minimum Gasteiger partial charge on any atom is -0.469 e. The lowest BCUT2D eigenvalue weighted by atomic mass is 9.42. The number of hydrogen-bond donors (Lipinski definition) is 1. The van der Waals surface area contributed by atoms with E-state index in [1.54, 1.807) is 0 Å². The molecule has 0 saturated heterocycles. The number of fused-ring (bicyclic) bond motifs is 5. The summed E-state index contributed by atoms with van der Waals surface area (Å²) in [6, 6.07) is 0. The van der Waals surface area contributed by atoms with Gasteiger partial charge in [-0.2, -0.15) is 0 Å². The normalized spacial score (nSPS) is 45.4. The number of methoxy groups -OCH3 is 1. The molecule has 0 aromatic heterocycles. The molecule has 4 saturated carbocycles. The molecule has 178 valence electrons. The molecule has 4 aliphatic carbocycles. The van der Waals surface area contributed by atoms with Crippen LogP contribution in [0.15, 0.2) is 17.2 Å². The van der Waals surface area contributed by atoms with Crippen LogP contribution in [-0.4, -0.2) is 30.2 Å². The van der Waals surface area contributed by atoms with Crippen molar-refractivity contribution in [2.75, 3.05) is 7.11 Å². The van der Waals surface area contributed by atoms with E-state index in [9.17, 15) is 14.7 Å². The molecule has 4 nitrogen and oxygen atoms in total. The first-order valence-electron chi connectivity index (χ1n) is 12.9. The molecule has 0 aromatic carbocycles. The van der Waals surface area contributed by atoms with Crippen molar-refractivity contribution >= 4 is 11.9 Å². The third-order valence-corrected chi connectivity index (χ3v) is 10.7. The molecule has 9 atom stereocenters. The number of ether oxygens (including phenoxy) is 1. The van der Waals surface area contributed by atoms with Crippen molar-refractivity contribution in [1.29, 1.82) is 0 Å². The van der Waals surface area contributed by atoms with Gasteiger partial charge in [-0.15, -0.1) is 0 Å². The molecular formula is C28H42O4. The van der Waals surface area contributed by atoms with Gasteiger partial charge in [-0.3, -0.25) is 4.79 Å². The summed E-state index contributed by atoms with van der Waals surface area (Å²) in [5, 5.41) is 10.5. The van der Waals surface area contributed by atoms with E-state index in [1.807, 2.05) is 0 Å². The van der Waals surface area contributed by atoms with Gasteiger partial charge in [0.25, 0.3) is 0 Å². The Morgan fingerprint density at radius 1 is 1.19 bits per heavy atom. The number of aliphatic hydroxyl groups is 1. The highest BCUT2D eigenvalue weighted by atomic mass is 16.5. The fraction of sp³-hybridized carbons (Fsp3) is 0.821. The maximum atomic E-state index is 12.4. The van der Waals surface area contributed by atoms with Gasteiger partial charge in [0.15, 0.2) is 0 Å². The predicted octanol–water partition coefficient (Wildman–Crippen LogP) is 5.52. The highest BCUT2D eigenvalue weighted by molar-refractivity contribution is 5.69. The fourth-order valence-corrected chi connectivity index (χ4v) is 9.01. The maximum Gasteiger partial charge on any atom is 0.305 e. The first kappa shape index (κ1) is 23.8. The average Bonchev–Trinajstić information content (AvgIpc) is 3.14. The molecule has 1 N–H and O–H groups in total. The lowest BCUT2D eigenvalue weighted by Crippen LogP contribution is -2.55. The molecule has 0 spiro atoms. The van der Waals surface area contributed by atoms with Crippen LogP contribution in [0, 0.1) is 46.3 Å². The van der Waals surface area contributed by atoms with Crippen LogP contribution in [0.2, 0.25) is 0 Å². The number of aliphatic hydroxyl groups excluding tert-OH is 1. The van der Waals surface area contributed by atoms with E-state index in [2.05, 4.69) is 39.7 Å². The van der Waals surface area contributed by atoms with Gasteiger partial charge in [-0.25, -0.2) is 4.79 Å². The molecule has 0 heterocycles. The van der Waals surface area contributed by atoms with Crippen LogP contribution < -0.4 is 0 Å². The summed E-state index contributed by atoms with van der Waals surface area (Å²) < 4.78 is 4.88. The number of allylic oxidation sites excluding steroid dienone is 3. The minimum absolute atomic E-state index is 0.116. The monoisotopic (exact) mass is 442 g/mol. The first-order valence-corrected chi connectivity index (χ1v) is 12.9. The van der Waals surface area contributed by atoms with Crippen molar-refractivity contribution in [3.05, 3.63) is 17.2 Å². The molecule has 0 aromatic rings. The average molecular weight is 443 g/mol. The van der Waals surface area contributed by atoms with Gasteiger partial charge in [-0.1, -0.05) is 26.8 Å². The molecule has 0 amide bonds. The Morgan fingerprint density at radius 3 is 2.53 bits per heavy atom. The molecule has 1 unspecified atom stereocenters. The van der Waals surface area contributed by atoms with Crippen molar-refractivity contribution < 1.29 is 19.4 Å². The molecule has 4 aliphatic rings. The smallest absolute Gasteiger partial charge is 0.305 e. The summed E-state index contributed by atoms with van der Waals surface area (Å²) in [4.78, 5) is 24.2. The SMILES string of the molecule is CC=C1C(=C=O)[C@H]2[C@@H]3CC[C@H]([C@H](C)CCC(=O)OC)[C@@]3(C)CC[C@@H]2[C@@]2(C)CC[C@@H](O)CC12. The Hall–Kier alpha value is -1.38. The zero-order chi connectivity index (χ0) is 23.3. The van der Waals surface area contributed by atoms with E-state index in [0.29, 0.717) is 30.1 Å². The molecule has 0 bridgehead atoms. The van der Waals surface area contributed by atoms with Crippen LogP contribution in [0.5, 0.6) is 0 Å². The Bertz CT molecular complexity index is 823. The summed E-state index contributed by atoms with van der Waals surface area (Å²) >= 11 is 0. The van der Waals surface area contributed by atoms with Crippen LogP contribution in [-0.2, 0) is 14.3 Å². The topological polar surface area (TPSA) is 63.6 Å². The van der Waals surface area contributed by atoms with Crippen LogP contribution in [0.1, 0.15) is 85.5 Å². The molecule has 0 aliphatic heterocycles. The maximum absolute atomic E-state index is 12.4. The number of carbonyl (C=O) groups is 1. The van der Waals surface area contributed by atoms with Gasteiger partial charge >= 0.3 is 5.97 Å². The third kappa shape index (κ3) is 3.53. The van der Waals surface area contributed by atoms with Gasteiger partial charge in [0.1, 0.15) is 5.94 Å². The largest absolute Gasteiger partial charge is 0.469 e. The Kier molecular flexibility index (Phi) is 6.51. The number of carbonyl (C=O) groups excluding carboxylic acids is 2. The number of hydrogen-bond acceptors (Lipinski definition) is 4. The molecule has 4 heteroatoms. The molecule has 4 fully saturated rings. The summed E-state index contributed by atoms with van der Waals surface area (Å²) in [6.45, 7) is 9.28. The highest BCUT2D eigenvalue weighted by Gasteiger charge is 2.63. The molecule has 0 radical (unpaired) electrons. The van der Waals surface area contributed by atoms with Crippen molar-refractivity contribution in [3.63, 3.8) is 0 Å². The van der Waals surface area contributed by atoms with Crippen molar-refractivity contribution in [2.45, 2.75) is 91.6 Å². The van der Waals surface area contributed by atoms with Gasteiger partial charge in [-0.05, 0) is 104 Å². The second-order valence-corrected chi connectivity index (χ2v) is 11.8. The van der Waals surface area contributed by atoms with Gasteiger partial charge in [0.05, 0.1) is 13.2 Å². The van der Waals surface area contributed by atoms with Crippen molar-refractivity contribution in [3.8, 4) is 0 Å². The van der Waals surface area contributed by atoms with Gasteiger partial charge < -0.3 is 9.84 Å². The number of esters is 1. The number of rotatable bonds is 4. The second kappa shape index (κ2) is 8.76. The zero-order valence-corrected chi connectivity index (χ0v) is 20.7. The summed E-state index contributed by atoms with van der Waals surface area (Å²) in [7, 11) is 1.47. The van der Waals surface area contributed by atoms with E-state index < -0.39 is 0 Å². The van der Waals surface area contributed by atoms with Crippen molar-refractivity contribution in [2.24, 2.45) is 46.3 Å². The predicted molar refractivity (Wildman–Crippen MR) is 125 cm³/mol. The van der Waals surface area contributed by atoms with Crippen LogP contribution in [0.4, 0.5) is 0 Å². The quantitative estimate of drug-likeness (QED) is 0.460.